The maximum absolute atomic E-state index is 13.9. The lowest BCUT2D eigenvalue weighted by Gasteiger charge is -2.20. The van der Waals surface area contributed by atoms with Crippen molar-refractivity contribution in [3.8, 4) is 0 Å². The highest BCUT2D eigenvalue weighted by molar-refractivity contribution is 6.28. The Morgan fingerprint density at radius 1 is 0.857 bits per heavy atom. The Balaban J connectivity index is 1.38. The van der Waals surface area contributed by atoms with Crippen LogP contribution in [0.1, 0.15) is 64.4 Å². The molecule has 3 aromatic rings. The summed E-state index contributed by atoms with van der Waals surface area (Å²) in [5, 5.41) is 12.4. The average molecular weight is 661 g/mol. The summed E-state index contributed by atoms with van der Waals surface area (Å²) >= 11 is 0. The van der Waals surface area contributed by atoms with Gasteiger partial charge >= 0.3 is 17.9 Å². The molecule has 10 nitrogen and oxygen atoms in total. The van der Waals surface area contributed by atoms with Crippen molar-refractivity contribution >= 4 is 46.5 Å². The van der Waals surface area contributed by atoms with Gasteiger partial charge in [-0.05, 0) is 73.4 Å². The SMILES string of the molecule is C=C(C)C(=O)OCCc1ccc(N=c2ccc(Nc3ccc(CCOC(=O)CCC(=O)O)cc3)cc3c2C(=O)C2=C(C=CCC2)C3=O)cc1. The normalized spacial score (nSPS) is 13.8. The number of Topliss-reactive ketones (excluding diaryl/α,β-unsaturated/α-hetero) is 2. The molecule has 250 valence electrons. The van der Waals surface area contributed by atoms with E-state index >= 15 is 0 Å². The molecule has 0 unspecified atom stereocenters. The van der Waals surface area contributed by atoms with Gasteiger partial charge in [-0.15, -0.1) is 0 Å². The second-order valence-corrected chi connectivity index (χ2v) is 11.7. The topological polar surface area (TPSA) is 148 Å². The van der Waals surface area contributed by atoms with Crippen molar-refractivity contribution in [2.24, 2.45) is 4.99 Å². The minimum Gasteiger partial charge on any atom is -0.481 e. The number of aliphatic carboxylic acids is 1. The zero-order valence-corrected chi connectivity index (χ0v) is 27.1. The molecule has 2 N–H and O–H groups in total. The van der Waals surface area contributed by atoms with Crippen molar-refractivity contribution in [2.75, 3.05) is 18.5 Å². The third-order valence-electron chi connectivity index (χ3n) is 8.00. The predicted octanol–water partition coefficient (Wildman–Crippen LogP) is 6.30. The molecule has 2 aliphatic carbocycles. The minimum atomic E-state index is -1.05. The molecule has 0 bridgehead atoms. The Labute approximate surface area is 283 Å². The second-order valence-electron chi connectivity index (χ2n) is 11.7. The van der Waals surface area contributed by atoms with Crippen molar-refractivity contribution in [1.29, 1.82) is 0 Å². The van der Waals surface area contributed by atoms with E-state index in [4.69, 9.17) is 19.6 Å². The van der Waals surface area contributed by atoms with Crippen LogP contribution in [0.4, 0.5) is 17.1 Å². The molecule has 0 saturated heterocycles. The van der Waals surface area contributed by atoms with Crippen LogP contribution in [0.3, 0.4) is 0 Å². The van der Waals surface area contributed by atoms with Crippen LogP contribution in [0.5, 0.6) is 0 Å². The lowest BCUT2D eigenvalue weighted by molar-refractivity contribution is -0.147. The molecule has 0 aromatic heterocycles. The average Bonchev–Trinajstić information content (AvgIpc) is 3.27. The second kappa shape index (κ2) is 15.8. The number of esters is 2. The zero-order chi connectivity index (χ0) is 34.9. The number of carboxylic acid groups (broad SMARTS) is 1. The van der Waals surface area contributed by atoms with E-state index in [9.17, 15) is 24.0 Å². The quantitative estimate of drug-likeness (QED) is 0.159. The Hall–Kier alpha value is -5.90. The summed E-state index contributed by atoms with van der Waals surface area (Å²) in [6, 6.07) is 20.0. The first-order valence-corrected chi connectivity index (χ1v) is 16.0. The first kappa shape index (κ1) is 34.4. The van der Waals surface area contributed by atoms with E-state index in [-0.39, 0.29) is 48.7 Å². The number of allylic oxidation sites excluding steroid dienone is 4. The highest BCUT2D eigenvalue weighted by Gasteiger charge is 2.32. The van der Waals surface area contributed by atoms with E-state index in [0.29, 0.717) is 59.1 Å². The molecule has 2 aliphatic rings. The van der Waals surface area contributed by atoms with Gasteiger partial charge in [-0.2, -0.15) is 0 Å². The number of nitrogens with one attached hydrogen (secondary N) is 1. The van der Waals surface area contributed by atoms with Gasteiger partial charge in [-0.25, -0.2) is 9.79 Å². The third-order valence-corrected chi connectivity index (χ3v) is 8.00. The van der Waals surface area contributed by atoms with Gasteiger partial charge in [-0.3, -0.25) is 19.2 Å². The Morgan fingerprint density at radius 3 is 2.18 bits per heavy atom. The number of carbonyl (C=O) groups is 5. The molecule has 0 saturated carbocycles. The Kier molecular flexibility index (Phi) is 11.1. The van der Waals surface area contributed by atoms with Gasteiger partial charge in [0, 0.05) is 46.5 Å². The van der Waals surface area contributed by atoms with Gasteiger partial charge in [0.2, 0.25) is 0 Å². The summed E-state index contributed by atoms with van der Waals surface area (Å²) in [6.07, 6.45) is 5.34. The van der Waals surface area contributed by atoms with Crippen molar-refractivity contribution < 1.29 is 38.6 Å². The Bertz CT molecular complexity index is 1950. The molecule has 0 aliphatic heterocycles. The van der Waals surface area contributed by atoms with Crippen LogP contribution in [0.15, 0.2) is 107 Å². The number of benzene rings is 2. The molecule has 0 fully saturated rings. The van der Waals surface area contributed by atoms with E-state index in [0.717, 1.165) is 16.8 Å². The highest BCUT2D eigenvalue weighted by atomic mass is 16.5. The fourth-order valence-corrected chi connectivity index (χ4v) is 5.41. The summed E-state index contributed by atoms with van der Waals surface area (Å²) in [5.41, 5.74) is 5.55. The summed E-state index contributed by atoms with van der Waals surface area (Å²) in [7, 11) is 0. The number of carbonyl (C=O) groups excluding carboxylic acids is 4. The van der Waals surface area contributed by atoms with Gasteiger partial charge in [0.05, 0.1) is 42.7 Å². The summed E-state index contributed by atoms with van der Waals surface area (Å²) < 4.78 is 10.3. The standard InChI is InChI=1S/C39H36N2O8/c1-24(2)39(47)49-22-20-26-9-13-28(14-10-26)41-33-16-15-29(23-32-36(33)38(46)31-6-4-3-5-30(31)37(32)45)40-27-11-7-25(8-12-27)19-21-48-35(44)18-17-34(42)43/h3,5,7-16,23,40H,1,4,6,17-22H2,2H3,(H,42,43). The Morgan fingerprint density at radius 2 is 1.51 bits per heavy atom. The van der Waals surface area contributed by atoms with Crippen LogP contribution in [0, 0.1) is 0 Å². The van der Waals surface area contributed by atoms with Gasteiger partial charge in [0.25, 0.3) is 0 Å². The number of ether oxygens (including phenoxy) is 2. The summed E-state index contributed by atoms with van der Waals surface area (Å²) in [5.74, 6) is -2.48. The van der Waals surface area contributed by atoms with E-state index in [1.54, 1.807) is 31.2 Å². The number of rotatable bonds is 13. The number of ketones is 2. The third kappa shape index (κ3) is 8.92. The first-order valence-electron chi connectivity index (χ1n) is 16.0. The van der Waals surface area contributed by atoms with Crippen molar-refractivity contribution in [2.45, 2.75) is 45.4 Å². The fraction of sp³-hybridized carbons (Fsp3) is 0.231. The van der Waals surface area contributed by atoms with Crippen LogP contribution in [0.2, 0.25) is 0 Å². The molecule has 0 heterocycles. The maximum Gasteiger partial charge on any atom is 0.333 e. The van der Waals surface area contributed by atoms with Gasteiger partial charge in [0.1, 0.15) is 0 Å². The molecule has 10 heteroatoms. The monoisotopic (exact) mass is 660 g/mol. The summed E-state index contributed by atoms with van der Waals surface area (Å²) in [4.78, 5) is 66.5. The smallest absolute Gasteiger partial charge is 0.333 e. The molecule has 0 atom stereocenters. The van der Waals surface area contributed by atoms with Crippen LogP contribution >= 0.6 is 0 Å². The largest absolute Gasteiger partial charge is 0.481 e. The van der Waals surface area contributed by atoms with Gasteiger partial charge < -0.3 is 19.9 Å². The van der Waals surface area contributed by atoms with E-state index in [2.05, 4.69) is 11.9 Å². The maximum atomic E-state index is 13.9. The number of carboxylic acids is 1. The van der Waals surface area contributed by atoms with Gasteiger partial charge in [-0.1, -0.05) is 43.0 Å². The van der Waals surface area contributed by atoms with E-state index < -0.39 is 17.9 Å². The summed E-state index contributed by atoms with van der Waals surface area (Å²) in [6.45, 7) is 5.53. The van der Waals surface area contributed by atoms with Crippen LogP contribution in [-0.4, -0.2) is 47.8 Å². The molecular weight excluding hydrogens is 624 g/mol. The molecule has 3 aromatic carbocycles. The lowest BCUT2D eigenvalue weighted by Crippen LogP contribution is -2.27. The van der Waals surface area contributed by atoms with Gasteiger partial charge in [0.15, 0.2) is 11.6 Å². The first-order chi connectivity index (χ1) is 23.6. The minimum absolute atomic E-state index is 0.133. The molecule has 49 heavy (non-hydrogen) atoms. The number of anilines is 2. The van der Waals surface area contributed by atoms with Crippen molar-refractivity contribution in [3.05, 3.63) is 130 Å². The predicted molar refractivity (Wildman–Crippen MR) is 183 cm³/mol. The molecular formula is C39H36N2O8. The number of fused-ring (bicyclic) bond motifs is 1. The lowest BCUT2D eigenvalue weighted by atomic mass is 9.80. The molecule has 5 rings (SSSR count). The zero-order valence-electron chi connectivity index (χ0n) is 27.1. The van der Waals surface area contributed by atoms with Crippen molar-refractivity contribution in [3.63, 3.8) is 0 Å². The van der Waals surface area contributed by atoms with Crippen molar-refractivity contribution in [1.82, 2.24) is 0 Å². The number of hydrogen-bond donors (Lipinski definition) is 2. The molecule has 0 radical (unpaired) electrons. The van der Waals surface area contributed by atoms with Crippen LogP contribution in [-0.2, 0) is 36.7 Å². The number of hydrogen-bond acceptors (Lipinski definition) is 9. The highest BCUT2D eigenvalue weighted by Crippen LogP contribution is 2.32. The molecule has 0 spiro atoms. The van der Waals surface area contributed by atoms with E-state index in [1.165, 1.54) is 0 Å². The van der Waals surface area contributed by atoms with E-state index in [1.807, 2.05) is 54.6 Å². The number of nitrogens with zero attached hydrogens (tertiary/aromatic N) is 1. The fourth-order valence-electron chi connectivity index (χ4n) is 5.41. The molecule has 0 amide bonds. The van der Waals surface area contributed by atoms with Crippen LogP contribution < -0.4 is 10.7 Å². The van der Waals surface area contributed by atoms with Crippen LogP contribution in [0.25, 0.3) is 0 Å².